The first-order valence-corrected chi connectivity index (χ1v) is 10.7. The first-order chi connectivity index (χ1) is 14.4. The lowest BCUT2D eigenvalue weighted by Gasteiger charge is -2.36. The topological polar surface area (TPSA) is 82.1 Å². The van der Waals surface area contributed by atoms with Crippen molar-refractivity contribution in [3.63, 3.8) is 0 Å². The maximum absolute atomic E-state index is 6.14. The average Bonchev–Trinajstić information content (AvgIpc) is 3.31. The lowest BCUT2D eigenvalue weighted by atomic mass is 9.82. The lowest BCUT2D eigenvalue weighted by molar-refractivity contribution is 0.257. The van der Waals surface area contributed by atoms with Gasteiger partial charge in [-0.25, -0.2) is 4.68 Å². The number of benzene rings is 1. The van der Waals surface area contributed by atoms with E-state index in [0.29, 0.717) is 46.4 Å². The standard InChI is InChI=1S/C21H25ClN6O2/c1-12-6-16(22)8-17(7-12)30-20-23-19(26-27(20)3)9-18-14-4-5-15(18)11-28(10-14)21-25-24-13(2)29-21/h6-8,14-15,18H,4-5,9-11H2,1-3H3. The minimum atomic E-state index is 0.484. The summed E-state index contributed by atoms with van der Waals surface area (Å²) in [7, 11) is 1.86. The zero-order valence-corrected chi connectivity index (χ0v) is 18.1. The van der Waals surface area contributed by atoms with Gasteiger partial charge in [0, 0.05) is 38.5 Å². The molecule has 1 aliphatic carbocycles. The fraction of sp³-hybridized carbons (Fsp3) is 0.524. The van der Waals surface area contributed by atoms with Gasteiger partial charge in [0.15, 0.2) is 5.82 Å². The van der Waals surface area contributed by atoms with Crippen molar-refractivity contribution in [2.75, 3.05) is 18.0 Å². The van der Waals surface area contributed by atoms with E-state index in [4.69, 9.17) is 20.8 Å². The van der Waals surface area contributed by atoms with Crippen molar-refractivity contribution in [3.8, 4) is 11.8 Å². The molecule has 0 amide bonds. The maximum atomic E-state index is 6.14. The van der Waals surface area contributed by atoms with Crippen LogP contribution in [0.4, 0.5) is 6.01 Å². The highest BCUT2D eigenvalue weighted by atomic mass is 35.5. The highest BCUT2D eigenvalue weighted by Crippen LogP contribution is 2.44. The molecule has 158 valence electrons. The minimum absolute atomic E-state index is 0.484. The molecule has 9 heteroatoms. The van der Waals surface area contributed by atoms with Crippen LogP contribution in [0.25, 0.3) is 0 Å². The third-order valence-electron chi connectivity index (χ3n) is 6.22. The third-order valence-corrected chi connectivity index (χ3v) is 6.44. The molecule has 0 N–H and O–H groups in total. The number of rotatable bonds is 5. The molecule has 1 aromatic carbocycles. The highest BCUT2D eigenvalue weighted by molar-refractivity contribution is 6.30. The number of aryl methyl sites for hydroxylation is 3. The SMILES string of the molecule is Cc1cc(Cl)cc(Oc2nc(CC3C4CCC3CN(c3nnc(C)o3)C4)nn2C)c1. The number of aromatic nitrogens is 5. The van der Waals surface area contributed by atoms with E-state index in [2.05, 4.69) is 25.2 Å². The number of hydrogen-bond acceptors (Lipinski definition) is 7. The van der Waals surface area contributed by atoms with Crippen LogP contribution < -0.4 is 9.64 Å². The number of halogens is 1. The second-order valence-corrected chi connectivity index (χ2v) is 8.91. The van der Waals surface area contributed by atoms with Crippen molar-refractivity contribution in [1.82, 2.24) is 25.0 Å². The van der Waals surface area contributed by atoms with Gasteiger partial charge in [-0.2, -0.15) is 10.1 Å². The molecule has 2 atom stereocenters. The van der Waals surface area contributed by atoms with E-state index in [0.717, 1.165) is 30.9 Å². The summed E-state index contributed by atoms with van der Waals surface area (Å²) in [6, 6.07) is 6.76. The smallest absolute Gasteiger partial charge is 0.320 e. The molecule has 1 aliphatic heterocycles. The van der Waals surface area contributed by atoms with Crippen molar-refractivity contribution in [2.24, 2.45) is 24.8 Å². The zero-order valence-electron chi connectivity index (χ0n) is 17.4. The van der Waals surface area contributed by atoms with Gasteiger partial charge in [-0.3, -0.25) is 0 Å². The molecule has 3 heterocycles. The maximum Gasteiger partial charge on any atom is 0.320 e. The van der Waals surface area contributed by atoms with Crippen LogP contribution in [0, 0.1) is 31.6 Å². The number of fused-ring (bicyclic) bond motifs is 2. The van der Waals surface area contributed by atoms with Crippen molar-refractivity contribution in [1.29, 1.82) is 0 Å². The minimum Gasteiger partial charge on any atom is -0.424 e. The van der Waals surface area contributed by atoms with Gasteiger partial charge in [0.2, 0.25) is 5.89 Å². The third kappa shape index (κ3) is 3.76. The summed E-state index contributed by atoms with van der Waals surface area (Å²) >= 11 is 6.14. The van der Waals surface area contributed by atoms with E-state index in [9.17, 15) is 0 Å². The van der Waals surface area contributed by atoms with E-state index in [1.165, 1.54) is 12.8 Å². The average molecular weight is 429 g/mol. The molecule has 2 aliphatic rings. The monoisotopic (exact) mass is 428 g/mol. The predicted octanol–water partition coefficient (Wildman–Crippen LogP) is 3.97. The molecule has 1 saturated carbocycles. The Morgan fingerprint density at radius 1 is 1.13 bits per heavy atom. The molecule has 8 nitrogen and oxygen atoms in total. The van der Waals surface area contributed by atoms with Crippen LogP contribution in [0.3, 0.4) is 0 Å². The van der Waals surface area contributed by atoms with Crippen LogP contribution in [-0.2, 0) is 13.5 Å². The molecule has 2 fully saturated rings. The van der Waals surface area contributed by atoms with Gasteiger partial charge in [0.25, 0.3) is 0 Å². The quantitative estimate of drug-likeness (QED) is 0.608. The Balaban J connectivity index is 1.28. The molecule has 30 heavy (non-hydrogen) atoms. The Morgan fingerprint density at radius 3 is 2.57 bits per heavy atom. The Kier molecular flexibility index (Phi) is 4.89. The number of piperidine rings is 1. The summed E-state index contributed by atoms with van der Waals surface area (Å²) in [6.45, 7) is 5.70. The van der Waals surface area contributed by atoms with Crippen LogP contribution in [0.15, 0.2) is 22.6 Å². The normalized spacial score (nSPS) is 23.2. The molecule has 2 aromatic heterocycles. The summed E-state index contributed by atoms with van der Waals surface area (Å²) in [5.74, 6) is 3.84. The summed E-state index contributed by atoms with van der Waals surface area (Å²) in [6.07, 6.45) is 3.30. The number of hydrogen-bond donors (Lipinski definition) is 0. The van der Waals surface area contributed by atoms with Gasteiger partial charge >= 0.3 is 12.0 Å². The zero-order chi connectivity index (χ0) is 20.8. The summed E-state index contributed by atoms with van der Waals surface area (Å²) in [5, 5.41) is 13.4. The van der Waals surface area contributed by atoms with E-state index >= 15 is 0 Å². The van der Waals surface area contributed by atoms with Crippen LogP contribution in [0.5, 0.6) is 11.8 Å². The van der Waals surface area contributed by atoms with Gasteiger partial charge in [0.05, 0.1) is 0 Å². The summed E-state index contributed by atoms with van der Waals surface area (Å²) < 4.78 is 13.3. The van der Waals surface area contributed by atoms with E-state index < -0.39 is 0 Å². The van der Waals surface area contributed by atoms with Crippen LogP contribution in [0.1, 0.15) is 30.1 Å². The van der Waals surface area contributed by atoms with Gasteiger partial charge in [0.1, 0.15) is 5.75 Å². The van der Waals surface area contributed by atoms with Gasteiger partial charge < -0.3 is 14.1 Å². The van der Waals surface area contributed by atoms with Crippen LogP contribution >= 0.6 is 11.6 Å². The van der Waals surface area contributed by atoms with E-state index in [1.807, 2.05) is 33.0 Å². The van der Waals surface area contributed by atoms with Gasteiger partial charge in [-0.05, 0) is 61.3 Å². The molecular formula is C21H25ClN6O2. The molecule has 0 spiro atoms. The Labute approximate surface area is 180 Å². The van der Waals surface area contributed by atoms with Crippen LogP contribution in [-0.4, -0.2) is 38.1 Å². The first kappa shape index (κ1) is 19.4. The fourth-order valence-corrected chi connectivity index (χ4v) is 5.19. The Hall–Kier alpha value is -2.61. The lowest BCUT2D eigenvalue weighted by Crippen LogP contribution is -2.43. The Bertz CT molecular complexity index is 1030. The molecule has 1 saturated heterocycles. The molecule has 3 aromatic rings. The summed E-state index contributed by atoms with van der Waals surface area (Å²) in [5.41, 5.74) is 1.04. The van der Waals surface area contributed by atoms with Crippen molar-refractivity contribution < 1.29 is 9.15 Å². The molecule has 5 rings (SSSR count). The first-order valence-electron chi connectivity index (χ1n) is 10.3. The summed E-state index contributed by atoms with van der Waals surface area (Å²) in [4.78, 5) is 6.90. The van der Waals surface area contributed by atoms with E-state index in [-0.39, 0.29) is 0 Å². The largest absolute Gasteiger partial charge is 0.424 e. The predicted molar refractivity (Wildman–Crippen MR) is 112 cm³/mol. The number of nitrogens with zero attached hydrogens (tertiary/aromatic N) is 6. The molecular weight excluding hydrogens is 404 g/mol. The van der Waals surface area contributed by atoms with Gasteiger partial charge in [-0.15, -0.1) is 5.10 Å². The molecule has 2 unspecified atom stereocenters. The van der Waals surface area contributed by atoms with Gasteiger partial charge in [-0.1, -0.05) is 16.7 Å². The van der Waals surface area contributed by atoms with Crippen LogP contribution in [0.2, 0.25) is 5.02 Å². The number of ether oxygens (including phenoxy) is 1. The van der Waals surface area contributed by atoms with E-state index in [1.54, 1.807) is 10.7 Å². The van der Waals surface area contributed by atoms with Crippen molar-refractivity contribution in [3.05, 3.63) is 40.5 Å². The second-order valence-electron chi connectivity index (χ2n) is 8.47. The van der Waals surface area contributed by atoms with Crippen molar-refractivity contribution in [2.45, 2.75) is 33.1 Å². The fourth-order valence-electron chi connectivity index (χ4n) is 4.91. The Morgan fingerprint density at radius 2 is 1.90 bits per heavy atom. The molecule has 0 radical (unpaired) electrons. The second kappa shape index (κ2) is 7.58. The highest BCUT2D eigenvalue weighted by Gasteiger charge is 2.43. The molecule has 2 bridgehead atoms. The van der Waals surface area contributed by atoms with Crippen molar-refractivity contribution >= 4 is 17.6 Å². The number of anilines is 1.